The van der Waals surface area contributed by atoms with E-state index in [0.29, 0.717) is 17.7 Å². The Morgan fingerprint density at radius 2 is 2.19 bits per heavy atom. The molecular formula is C14H12F2N2O2S. The number of carbonyl (C=O) groups is 1. The fourth-order valence-corrected chi connectivity index (χ4v) is 2.89. The van der Waals surface area contributed by atoms with Crippen molar-refractivity contribution in [3.8, 4) is 0 Å². The van der Waals surface area contributed by atoms with Gasteiger partial charge in [0, 0.05) is 17.0 Å². The molecule has 0 saturated heterocycles. The van der Waals surface area contributed by atoms with Crippen LogP contribution in [0.3, 0.4) is 0 Å². The zero-order valence-electron chi connectivity index (χ0n) is 10.9. The smallest absolute Gasteiger partial charge is 0.304 e. The van der Waals surface area contributed by atoms with Gasteiger partial charge < -0.3 is 10.3 Å². The predicted octanol–water partition coefficient (Wildman–Crippen LogP) is 2.13. The van der Waals surface area contributed by atoms with Crippen LogP contribution in [0.25, 0.3) is 0 Å². The monoisotopic (exact) mass is 310 g/mol. The number of thiazole rings is 1. The lowest BCUT2D eigenvalue weighted by Crippen LogP contribution is -2.25. The lowest BCUT2D eigenvalue weighted by atomic mass is 10.1. The maximum atomic E-state index is 13.2. The molecule has 1 aliphatic rings. The van der Waals surface area contributed by atoms with Crippen molar-refractivity contribution in [2.45, 2.75) is 18.9 Å². The number of halogens is 2. The Bertz CT molecular complexity index is 741. The van der Waals surface area contributed by atoms with Gasteiger partial charge in [-0.05, 0) is 30.0 Å². The van der Waals surface area contributed by atoms with E-state index in [0.717, 1.165) is 23.5 Å². The molecule has 7 heteroatoms. The summed E-state index contributed by atoms with van der Waals surface area (Å²) in [6.45, 7) is 0.262. The van der Waals surface area contributed by atoms with Crippen LogP contribution in [0.1, 0.15) is 23.6 Å². The van der Waals surface area contributed by atoms with Gasteiger partial charge in [0.1, 0.15) is 0 Å². The van der Waals surface area contributed by atoms with Gasteiger partial charge in [-0.3, -0.25) is 9.59 Å². The number of hydrogen-bond acceptors (Lipinski definition) is 3. The summed E-state index contributed by atoms with van der Waals surface area (Å²) in [6, 6.07) is 3.73. The molecule has 1 amide bonds. The Kier molecular flexibility index (Phi) is 3.59. The number of benzene rings is 1. The highest BCUT2D eigenvalue weighted by atomic mass is 32.1. The summed E-state index contributed by atoms with van der Waals surface area (Å²) >= 11 is 1.04. The molecule has 21 heavy (non-hydrogen) atoms. The van der Waals surface area contributed by atoms with Crippen LogP contribution >= 0.6 is 11.3 Å². The molecule has 1 heterocycles. The Hall–Kier alpha value is -2.02. The number of aromatic nitrogens is 1. The van der Waals surface area contributed by atoms with Crippen molar-refractivity contribution in [2.75, 3.05) is 0 Å². The number of hydrogen-bond donors (Lipinski definition) is 2. The minimum Gasteiger partial charge on any atom is -0.350 e. The Balaban J connectivity index is 1.58. The van der Waals surface area contributed by atoms with E-state index in [1.807, 2.05) is 0 Å². The molecule has 0 spiro atoms. The van der Waals surface area contributed by atoms with Crippen LogP contribution in [-0.2, 0) is 11.3 Å². The van der Waals surface area contributed by atoms with Crippen molar-refractivity contribution < 1.29 is 13.6 Å². The minimum absolute atomic E-state index is 0.0679. The van der Waals surface area contributed by atoms with Gasteiger partial charge in [0.15, 0.2) is 11.6 Å². The van der Waals surface area contributed by atoms with E-state index in [1.54, 1.807) is 5.38 Å². The number of nitrogens with one attached hydrogen (secondary N) is 2. The number of H-pyrrole nitrogens is 1. The van der Waals surface area contributed by atoms with Crippen LogP contribution in [0.5, 0.6) is 0 Å². The molecule has 2 atom stereocenters. The molecule has 0 radical (unpaired) electrons. The largest absolute Gasteiger partial charge is 0.350 e. The van der Waals surface area contributed by atoms with Crippen LogP contribution in [0, 0.1) is 17.6 Å². The molecule has 0 bridgehead atoms. The highest BCUT2D eigenvalue weighted by Crippen LogP contribution is 2.47. The summed E-state index contributed by atoms with van der Waals surface area (Å²) in [5.41, 5.74) is 1.29. The van der Waals surface area contributed by atoms with Gasteiger partial charge in [0.25, 0.3) is 0 Å². The predicted molar refractivity (Wildman–Crippen MR) is 74.0 cm³/mol. The van der Waals surface area contributed by atoms with Gasteiger partial charge in [0.2, 0.25) is 5.91 Å². The SMILES string of the molecule is O=C(NCc1csc(=O)[nH]1)[C@@H]1C[C@H]1c1ccc(F)c(F)c1. The number of rotatable bonds is 4. The van der Waals surface area contributed by atoms with Crippen molar-refractivity contribution in [2.24, 2.45) is 5.92 Å². The second kappa shape index (κ2) is 5.40. The fourth-order valence-electron chi connectivity index (χ4n) is 2.31. The summed E-state index contributed by atoms with van der Waals surface area (Å²) in [5, 5.41) is 4.38. The lowest BCUT2D eigenvalue weighted by molar-refractivity contribution is -0.122. The highest BCUT2D eigenvalue weighted by Gasteiger charge is 2.44. The summed E-state index contributed by atoms with van der Waals surface area (Å²) in [7, 11) is 0. The highest BCUT2D eigenvalue weighted by molar-refractivity contribution is 7.07. The van der Waals surface area contributed by atoms with Gasteiger partial charge in [-0.1, -0.05) is 17.4 Å². The normalized spacial score (nSPS) is 20.3. The zero-order valence-corrected chi connectivity index (χ0v) is 11.7. The molecular weight excluding hydrogens is 298 g/mol. The van der Waals surface area contributed by atoms with Gasteiger partial charge in [-0.15, -0.1) is 0 Å². The summed E-state index contributed by atoms with van der Waals surface area (Å²) in [4.78, 5) is 25.4. The standard InChI is InChI=1S/C14H12F2N2O2S/c15-11-2-1-7(3-12(11)16)9-4-10(9)13(19)17-5-8-6-21-14(20)18-8/h1-3,6,9-10H,4-5H2,(H,17,19)(H,18,20)/t9-,10+/m0/s1. The van der Waals surface area contributed by atoms with E-state index in [-0.39, 0.29) is 29.2 Å². The van der Waals surface area contributed by atoms with Crippen molar-refractivity contribution in [1.82, 2.24) is 10.3 Å². The molecule has 1 saturated carbocycles. The van der Waals surface area contributed by atoms with Crippen LogP contribution in [0.4, 0.5) is 8.78 Å². The molecule has 0 aliphatic heterocycles. The van der Waals surface area contributed by atoms with Crippen molar-refractivity contribution >= 4 is 17.2 Å². The summed E-state index contributed by atoms with van der Waals surface area (Å²) < 4.78 is 26.0. The molecule has 0 unspecified atom stereocenters. The van der Waals surface area contributed by atoms with Crippen molar-refractivity contribution in [1.29, 1.82) is 0 Å². The van der Waals surface area contributed by atoms with E-state index >= 15 is 0 Å². The first-order valence-corrected chi connectivity index (χ1v) is 7.32. The van der Waals surface area contributed by atoms with Crippen LogP contribution in [0.2, 0.25) is 0 Å². The first-order chi connectivity index (χ1) is 10.0. The first-order valence-electron chi connectivity index (χ1n) is 6.44. The molecule has 4 nitrogen and oxygen atoms in total. The number of aromatic amines is 1. The maximum absolute atomic E-state index is 13.2. The second-order valence-electron chi connectivity index (χ2n) is 5.01. The summed E-state index contributed by atoms with van der Waals surface area (Å²) in [6.07, 6.45) is 0.622. The molecule has 3 rings (SSSR count). The third kappa shape index (κ3) is 3.02. The fraction of sp³-hybridized carbons (Fsp3) is 0.286. The van der Waals surface area contributed by atoms with E-state index < -0.39 is 11.6 Å². The van der Waals surface area contributed by atoms with Gasteiger partial charge in [-0.25, -0.2) is 8.78 Å². The first kappa shape index (κ1) is 13.9. The van der Waals surface area contributed by atoms with Gasteiger partial charge in [0.05, 0.1) is 6.54 Å². The molecule has 110 valence electrons. The van der Waals surface area contributed by atoms with E-state index in [2.05, 4.69) is 10.3 Å². The molecule has 1 aromatic heterocycles. The Morgan fingerprint density at radius 1 is 1.38 bits per heavy atom. The third-order valence-electron chi connectivity index (χ3n) is 3.52. The average Bonchev–Trinajstić information content (AvgIpc) is 3.15. The Morgan fingerprint density at radius 3 is 2.86 bits per heavy atom. The number of amides is 1. The molecule has 2 N–H and O–H groups in total. The van der Waals surface area contributed by atoms with Crippen molar-refractivity contribution in [3.63, 3.8) is 0 Å². The summed E-state index contributed by atoms with van der Waals surface area (Å²) in [5.74, 6) is -2.21. The number of carbonyl (C=O) groups excluding carboxylic acids is 1. The van der Waals surface area contributed by atoms with Crippen molar-refractivity contribution in [3.05, 3.63) is 56.1 Å². The van der Waals surface area contributed by atoms with Crippen LogP contribution in [0.15, 0.2) is 28.4 Å². The van der Waals surface area contributed by atoms with Gasteiger partial charge in [-0.2, -0.15) is 0 Å². The topological polar surface area (TPSA) is 62.0 Å². The van der Waals surface area contributed by atoms with Gasteiger partial charge >= 0.3 is 4.87 Å². The van der Waals surface area contributed by atoms with E-state index in [4.69, 9.17) is 0 Å². The van der Waals surface area contributed by atoms with Crippen LogP contribution < -0.4 is 10.2 Å². The average molecular weight is 310 g/mol. The Labute approximate surface area is 122 Å². The molecule has 1 aromatic carbocycles. The molecule has 1 aliphatic carbocycles. The van der Waals surface area contributed by atoms with Crippen LogP contribution in [-0.4, -0.2) is 10.9 Å². The minimum atomic E-state index is -0.894. The maximum Gasteiger partial charge on any atom is 0.304 e. The van der Waals surface area contributed by atoms with E-state index in [9.17, 15) is 18.4 Å². The second-order valence-corrected chi connectivity index (χ2v) is 5.86. The lowest BCUT2D eigenvalue weighted by Gasteiger charge is -2.04. The molecule has 1 fully saturated rings. The van der Waals surface area contributed by atoms with E-state index in [1.165, 1.54) is 6.07 Å². The third-order valence-corrected chi connectivity index (χ3v) is 4.24. The molecule has 2 aromatic rings. The quantitative estimate of drug-likeness (QED) is 0.909. The zero-order chi connectivity index (χ0) is 15.0.